The van der Waals surface area contributed by atoms with Gasteiger partial charge in [0, 0.05) is 11.1 Å². The number of carboxylic acids is 1. The Kier molecular flexibility index (Phi) is 2.87. The number of carbonyl (C=O) groups excluding carboxylic acids is 1. The van der Waals surface area contributed by atoms with Crippen molar-refractivity contribution >= 4 is 5.97 Å². The molecule has 0 unspecified atom stereocenters. The Morgan fingerprint density at radius 2 is 1.65 bits per heavy atom. The molecule has 2 aromatic carbocycles. The molecule has 0 aliphatic rings. The highest BCUT2D eigenvalue weighted by Crippen LogP contribution is 2.24. The van der Waals surface area contributed by atoms with Gasteiger partial charge in [-0.1, -0.05) is 30.3 Å². The molecule has 0 bridgehead atoms. The van der Waals surface area contributed by atoms with E-state index >= 15 is 0 Å². The highest BCUT2D eigenvalue weighted by atomic mass is 19.1. The van der Waals surface area contributed by atoms with E-state index in [0.717, 1.165) is 6.07 Å². The van der Waals surface area contributed by atoms with Gasteiger partial charge in [0.25, 0.3) is 0 Å². The number of rotatable bonds is 2. The molecule has 2 nitrogen and oxygen atoms in total. The fourth-order valence-electron chi connectivity index (χ4n) is 1.54. The van der Waals surface area contributed by atoms with Crippen LogP contribution in [-0.2, 0) is 0 Å². The van der Waals surface area contributed by atoms with E-state index in [1.807, 2.05) is 0 Å². The van der Waals surface area contributed by atoms with E-state index in [1.165, 1.54) is 36.4 Å². The molecule has 0 saturated carbocycles. The lowest BCUT2D eigenvalue weighted by Gasteiger charge is -2.09. The molecule has 0 amide bonds. The van der Waals surface area contributed by atoms with E-state index in [2.05, 4.69) is 0 Å². The van der Waals surface area contributed by atoms with Crippen molar-refractivity contribution in [2.45, 2.75) is 0 Å². The molecule has 0 aliphatic carbocycles. The Morgan fingerprint density at radius 1 is 1.00 bits per heavy atom. The van der Waals surface area contributed by atoms with Crippen LogP contribution in [0.4, 0.5) is 8.78 Å². The minimum Gasteiger partial charge on any atom is -0.545 e. The van der Waals surface area contributed by atoms with Crippen LogP contribution in [-0.4, -0.2) is 5.97 Å². The zero-order chi connectivity index (χ0) is 12.4. The maximum atomic E-state index is 13.8. The van der Waals surface area contributed by atoms with Gasteiger partial charge in [0.2, 0.25) is 0 Å². The molecule has 0 heterocycles. The van der Waals surface area contributed by atoms with E-state index in [-0.39, 0.29) is 5.56 Å². The molecule has 0 radical (unpaired) electrons. The Bertz CT molecular complexity index is 562. The summed E-state index contributed by atoms with van der Waals surface area (Å²) in [6, 6.07) is 9.08. The molecule has 0 saturated heterocycles. The van der Waals surface area contributed by atoms with E-state index in [4.69, 9.17) is 0 Å². The van der Waals surface area contributed by atoms with Crippen molar-refractivity contribution in [2.24, 2.45) is 0 Å². The maximum absolute atomic E-state index is 13.8. The monoisotopic (exact) mass is 233 g/mol. The van der Waals surface area contributed by atoms with Crippen LogP contribution in [0.5, 0.6) is 0 Å². The number of carbonyl (C=O) groups is 1. The summed E-state index contributed by atoms with van der Waals surface area (Å²) in [6.07, 6.45) is 0. The first kappa shape index (κ1) is 11.3. The first-order valence-electron chi connectivity index (χ1n) is 4.85. The van der Waals surface area contributed by atoms with Crippen molar-refractivity contribution in [3.8, 4) is 11.1 Å². The Balaban J connectivity index is 2.56. The lowest BCUT2D eigenvalue weighted by molar-refractivity contribution is -0.255. The summed E-state index contributed by atoms with van der Waals surface area (Å²) in [7, 11) is 0. The number of aromatic carboxylic acids is 1. The van der Waals surface area contributed by atoms with Crippen molar-refractivity contribution in [3.63, 3.8) is 0 Å². The first-order valence-corrected chi connectivity index (χ1v) is 4.85. The number of hydrogen-bond donors (Lipinski definition) is 0. The van der Waals surface area contributed by atoms with Gasteiger partial charge in [0.15, 0.2) is 0 Å². The van der Waals surface area contributed by atoms with Crippen LogP contribution < -0.4 is 5.11 Å². The largest absolute Gasteiger partial charge is 0.545 e. The third kappa shape index (κ3) is 2.15. The van der Waals surface area contributed by atoms with Crippen molar-refractivity contribution in [1.82, 2.24) is 0 Å². The van der Waals surface area contributed by atoms with Crippen LogP contribution in [0.25, 0.3) is 11.1 Å². The van der Waals surface area contributed by atoms with Crippen molar-refractivity contribution < 1.29 is 18.7 Å². The molecule has 2 rings (SSSR count). The van der Waals surface area contributed by atoms with E-state index in [9.17, 15) is 18.7 Å². The van der Waals surface area contributed by atoms with Crippen LogP contribution in [0, 0.1) is 11.6 Å². The van der Waals surface area contributed by atoms with Gasteiger partial charge >= 0.3 is 0 Å². The third-order valence-electron chi connectivity index (χ3n) is 2.37. The summed E-state index contributed by atoms with van der Waals surface area (Å²) in [5, 5.41) is 10.6. The summed E-state index contributed by atoms with van der Waals surface area (Å²) in [6.45, 7) is 0. The molecule has 0 spiro atoms. The summed E-state index contributed by atoms with van der Waals surface area (Å²) in [5.74, 6) is -2.89. The molecular formula is C13H7F2O2-. The van der Waals surface area contributed by atoms with Gasteiger partial charge in [-0.05, 0) is 17.7 Å². The first-order chi connectivity index (χ1) is 8.09. The van der Waals surface area contributed by atoms with Crippen LogP contribution in [0.2, 0.25) is 0 Å². The summed E-state index contributed by atoms with van der Waals surface area (Å²) < 4.78 is 26.5. The topological polar surface area (TPSA) is 40.1 Å². The second-order valence-corrected chi connectivity index (χ2v) is 3.46. The highest BCUT2D eigenvalue weighted by Gasteiger charge is 2.10. The second-order valence-electron chi connectivity index (χ2n) is 3.46. The summed E-state index contributed by atoms with van der Waals surface area (Å²) in [4.78, 5) is 10.6. The lowest BCUT2D eigenvalue weighted by atomic mass is 10.0. The fraction of sp³-hybridized carbons (Fsp3) is 0. The van der Waals surface area contributed by atoms with E-state index < -0.39 is 23.2 Å². The highest BCUT2D eigenvalue weighted by molar-refractivity contribution is 5.88. The van der Waals surface area contributed by atoms with Gasteiger partial charge in [0.1, 0.15) is 11.6 Å². The molecular weight excluding hydrogens is 226 g/mol. The summed E-state index contributed by atoms with van der Waals surface area (Å²) in [5.41, 5.74) is 0.00512. The molecule has 0 aliphatic heterocycles. The van der Waals surface area contributed by atoms with E-state index in [1.54, 1.807) is 0 Å². The van der Waals surface area contributed by atoms with E-state index in [0.29, 0.717) is 5.56 Å². The molecule has 2 aromatic rings. The van der Waals surface area contributed by atoms with Gasteiger partial charge in [-0.15, -0.1) is 0 Å². The van der Waals surface area contributed by atoms with Gasteiger partial charge in [-0.25, -0.2) is 8.78 Å². The lowest BCUT2D eigenvalue weighted by Crippen LogP contribution is -2.23. The standard InChI is InChI=1S/C13H8F2O2/c14-9-6-4-8(5-7-9)10-2-1-3-11(12(10)15)13(16)17/h1-7H,(H,16,17)/p-1. The van der Waals surface area contributed by atoms with Crippen LogP contribution >= 0.6 is 0 Å². The second kappa shape index (κ2) is 4.33. The van der Waals surface area contributed by atoms with Gasteiger partial charge in [0.05, 0.1) is 5.97 Å². The average Bonchev–Trinajstić information content (AvgIpc) is 2.30. The third-order valence-corrected chi connectivity index (χ3v) is 2.37. The van der Waals surface area contributed by atoms with Crippen LogP contribution in [0.15, 0.2) is 42.5 Å². The zero-order valence-electron chi connectivity index (χ0n) is 8.61. The molecule has 86 valence electrons. The van der Waals surface area contributed by atoms with Crippen LogP contribution in [0.1, 0.15) is 10.4 Å². The molecule has 0 N–H and O–H groups in total. The Morgan fingerprint density at radius 3 is 2.24 bits per heavy atom. The summed E-state index contributed by atoms with van der Waals surface area (Å²) >= 11 is 0. The quantitative estimate of drug-likeness (QED) is 0.795. The fourth-order valence-corrected chi connectivity index (χ4v) is 1.54. The molecule has 17 heavy (non-hydrogen) atoms. The molecule has 4 heteroatoms. The molecule has 0 aromatic heterocycles. The predicted molar refractivity (Wildman–Crippen MR) is 56.1 cm³/mol. The number of hydrogen-bond acceptors (Lipinski definition) is 2. The van der Waals surface area contributed by atoms with Gasteiger partial charge in [-0.2, -0.15) is 0 Å². The van der Waals surface area contributed by atoms with Crippen LogP contribution in [0.3, 0.4) is 0 Å². The number of benzene rings is 2. The SMILES string of the molecule is O=C([O-])c1cccc(-c2ccc(F)cc2)c1F. The molecule has 0 atom stereocenters. The average molecular weight is 233 g/mol. The number of carboxylic acid groups (broad SMARTS) is 1. The zero-order valence-corrected chi connectivity index (χ0v) is 8.61. The predicted octanol–water partition coefficient (Wildman–Crippen LogP) is 2.00. The maximum Gasteiger partial charge on any atom is 0.140 e. The smallest absolute Gasteiger partial charge is 0.140 e. The van der Waals surface area contributed by atoms with Gasteiger partial charge in [-0.3, -0.25) is 0 Å². The van der Waals surface area contributed by atoms with Crippen molar-refractivity contribution in [3.05, 3.63) is 59.7 Å². The Labute approximate surface area is 96.1 Å². The van der Waals surface area contributed by atoms with Gasteiger partial charge < -0.3 is 9.90 Å². The van der Waals surface area contributed by atoms with Crippen molar-refractivity contribution in [2.75, 3.05) is 0 Å². The Hall–Kier alpha value is -2.23. The number of halogens is 2. The van der Waals surface area contributed by atoms with Crippen molar-refractivity contribution in [1.29, 1.82) is 0 Å². The normalized spacial score (nSPS) is 10.2. The minimum absolute atomic E-state index is 0.103. The minimum atomic E-state index is -1.58. The molecule has 0 fully saturated rings.